The largest absolute Gasteiger partial charge is 0.505 e. The molecule has 3 aromatic heterocycles. The number of amides is 1. The molecule has 0 spiro atoms. The number of carbonyl (C=O) groups is 2. The summed E-state index contributed by atoms with van der Waals surface area (Å²) in [5.74, 6) is -1.45. The van der Waals surface area contributed by atoms with Crippen molar-refractivity contribution in [3.8, 4) is 5.75 Å². The van der Waals surface area contributed by atoms with E-state index in [0.29, 0.717) is 38.3 Å². The molecule has 4 heterocycles. The molecule has 200 valence electrons. The highest BCUT2D eigenvalue weighted by Gasteiger charge is 2.48. The number of hydrogen-bond acceptors (Lipinski definition) is 7. The molecule has 0 radical (unpaired) electrons. The van der Waals surface area contributed by atoms with Gasteiger partial charge in [0, 0.05) is 11.2 Å². The minimum Gasteiger partial charge on any atom is -0.505 e. The number of benzene rings is 2. The normalized spacial score (nSPS) is 16.8. The Bertz CT molecular complexity index is 1890. The van der Waals surface area contributed by atoms with Gasteiger partial charge in [-0.25, -0.2) is 9.97 Å². The van der Waals surface area contributed by atoms with E-state index in [2.05, 4.69) is 16.5 Å². The lowest BCUT2D eigenvalue weighted by Crippen LogP contribution is -2.29. The highest BCUT2D eigenvalue weighted by Crippen LogP contribution is 2.45. The Hall–Kier alpha value is -4.47. The summed E-state index contributed by atoms with van der Waals surface area (Å²) in [5, 5.41) is 12.5. The van der Waals surface area contributed by atoms with Gasteiger partial charge < -0.3 is 14.2 Å². The number of imidazole rings is 1. The Morgan fingerprint density at radius 3 is 2.75 bits per heavy atom. The van der Waals surface area contributed by atoms with Crippen molar-refractivity contribution in [2.45, 2.75) is 19.9 Å². The molecule has 8 nitrogen and oxygen atoms in total. The summed E-state index contributed by atoms with van der Waals surface area (Å²) in [4.78, 5) is 37.9. The number of halogens is 1. The molecule has 1 aliphatic heterocycles. The first-order valence-corrected chi connectivity index (χ1v) is 13.6. The number of nitrogens with zero attached hydrogens (tertiary/aromatic N) is 4. The van der Waals surface area contributed by atoms with Gasteiger partial charge in [-0.1, -0.05) is 53.8 Å². The summed E-state index contributed by atoms with van der Waals surface area (Å²) in [6.45, 7) is 7.69. The van der Waals surface area contributed by atoms with E-state index < -0.39 is 17.7 Å². The molecular weight excluding hydrogens is 548 g/mol. The summed E-state index contributed by atoms with van der Waals surface area (Å²) in [5.41, 5.74) is 3.55. The van der Waals surface area contributed by atoms with Crippen LogP contribution in [0.4, 0.5) is 5.13 Å². The number of rotatable bonds is 6. The van der Waals surface area contributed by atoms with Gasteiger partial charge in [0.25, 0.3) is 5.78 Å². The third-order valence-electron chi connectivity index (χ3n) is 6.84. The van der Waals surface area contributed by atoms with Crippen molar-refractivity contribution in [2.24, 2.45) is 0 Å². The lowest BCUT2D eigenvalue weighted by Gasteiger charge is -2.23. The smallest absolute Gasteiger partial charge is 0.301 e. The molecule has 0 saturated carbocycles. The zero-order valence-electron chi connectivity index (χ0n) is 21.6. The molecule has 1 aliphatic rings. The lowest BCUT2D eigenvalue weighted by atomic mass is 9.96. The average molecular weight is 571 g/mol. The quantitative estimate of drug-likeness (QED) is 0.110. The Labute approximate surface area is 238 Å². The number of ketones is 1. The third kappa shape index (κ3) is 4.14. The number of pyridine rings is 1. The molecule has 1 amide bonds. The molecule has 0 aliphatic carbocycles. The highest BCUT2D eigenvalue weighted by molar-refractivity contribution is 7.22. The summed E-state index contributed by atoms with van der Waals surface area (Å²) in [6, 6.07) is 15.1. The molecular formula is C30H23ClN4O4S. The van der Waals surface area contributed by atoms with E-state index in [1.54, 1.807) is 55.5 Å². The van der Waals surface area contributed by atoms with Crippen molar-refractivity contribution < 1.29 is 19.4 Å². The van der Waals surface area contributed by atoms with Crippen LogP contribution in [0.25, 0.3) is 21.6 Å². The van der Waals surface area contributed by atoms with Crippen molar-refractivity contribution in [3.63, 3.8) is 0 Å². The average Bonchev–Trinajstić information content (AvgIpc) is 3.59. The van der Waals surface area contributed by atoms with Gasteiger partial charge in [0.1, 0.15) is 23.7 Å². The van der Waals surface area contributed by atoms with Gasteiger partial charge in [0.05, 0.1) is 27.5 Å². The summed E-state index contributed by atoms with van der Waals surface area (Å²) in [6.07, 6.45) is 3.46. The third-order valence-corrected chi connectivity index (χ3v) is 8.09. The fourth-order valence-corrected chi connectivity index (χ4v) is 6.21. The Balaban J connectivity index is 1.58. The number of aliphatic hydroxyl groups excluding tert-OH is 1. The van der Waals surface area contributed by atoms with Gasteiger partial charge in [0.2, 0.25) is 0 Å². The van der Waals surface area contributed by atoms with Gasteiger partial charge in [-0.2, -0.15) is 0 Å². The van der Waals surface area contributed by atoms with Crippen LogP contribution in [-0.2, 0) is 9.59 Å². The van der Waals surface area contributed by atoms with Crippen molar-refractivity contribution in [1.82, 2.24) is 14.4 Å². The number of aliphatic hydroxyl groups is 1. The number of Topliss-reactive ketones (excluding diaryl/α,β-unsaturated/α-hetero) is 1. The van der Waals surface area contributed by atoms with Crippen LogP contribution in [0.3, 0.4) is 0 Å². The molecule has 40 heavy (non-hydrogen) atoms. The second-order valence-corrected chi connectivity index (χ2v) is 10.8. The zero-order valence-corrected chi connectivity index (χ0v) is 23.2. The first-order chi connectivity index (χ1) is 19.3. The van der Waals surface area contributed by atoms with E-state index in [-0.39, 0.29) is 23.6 Å². The second-order valence-electron chi connectivity index (χ2n) is 9.38. The van der Waals surface area contributed by atoms with Crippen LogP contribution in [0.15, 0.2) is 79.0 Å². The number of aromatic nitrogens is 3. The van der Waals surface area contributed by atoms with Gasteiger partial charge >= 0.3 is 5.91 Å². The van der Waals surface area contributed by atoms with Gasteiger partial charge in [0.15, 0.2) is 10.9 Å². The Kier molecular flexibility index (Phi) is 6.40. The molecule has 5 aromatic rings. The molecule has 6 rings (SSSR count). The first kappa shape index (κ1) is 25.8. The van der Waals surface area contributed by atoms with Crippen LogP contribution in [0.5, 0.6) is 5.75 Å². The summed E-state index contributed by atoms with van der Waals surface area (Å²) < 4.78 is 8.34. The predicted molar refractivity (Wildman–Crippen MR) is 156 cm³/mol. The molecule has 1 saturated heterocycles. The van der Waals surface area contributed by atoms with Crippen LogP contribution >= 0.6 is 22.9 Å². The molecule has 10 heteroatoms. The molecule has 2 aromatic carbocycles. The van der Waals surface area contributed by atoms with Gasteiger partial charge in [-0.3, -0.25) is 14.5 Å². The fourth-order valence-electron chi connectivity index (χ4n) is 4.94. The number of aryl methyl sites for hydroxylation is 2. The van der Waals surface area contributed by atoms with E-state index in [0.717, 1.165) is 10.3 Å². The second kappa shape index (κ2) is 9.93. The standard InChI is InChI=1S/C30H23ClN4O4S/c1-4-13-39-20-9-5-8-18(14-20)25-23(26(36)24-17(3)34-12-6-7-16(2)28(34)33-24)27(37)29(38)35(25)30-32-21-11-10-19(31)15-22(21)40-30/h4-12,14-15,25,36H,1,13H2,2-3H3. The Morgan fingerprint density at radius 1 is 1.15 bits per heavy atom. The van der Waals surface area contributed by atoms with Crippen LogP contribution in [0.1, 0.15) is 28.6 Å². The molecule has 1 N–H and O–H groups in total. The van der Waals surface area contributed by atoms with Crippen LogP contribution < -0.4 is 9.64 Å². The number of ether oxygens (including phenoxy) is 1. The molecule has 1 fully saturated rings. The van der Waals surface area contributed by atoms with Crippen molar-refractivity contribution in [2.75, 3.05) is 11.5 Å². The monoisotopic (exact) mass is 570 g/mol. The number of anilines is 1. The molecule has 1 unspecified atom stereocenters. The number of fused-ring (bicyclic) bond motifs is 2. The summed E-state index contributed by atoms with van der Waals surface area (Å²) >= 11 is 7.43. The zero-order chi connectivity index (χ0) is 28.1. The SMILES string of the molecule is C=CCOc1cccc(C2C(=C(O)c3nc4c(C)cccn4c3C)C(=O)C(=O)N2c2nc3ccc(Cl)cc3s2)c1. The first-order valence-electron chi connectivity index (χ1n) is 12.4. The number of hydrogen-bond donors (Lipinski definition) is 1. The minimum atomic E-state index is -0.978. The van der Waals surface area contributed by atoms with Crippen LogP contribution in [0, 0.1) is 13.8 Å². The van der Waals surface area contributed by atoms with E-state index in [1.165, 1.54) is 16.2 Å². The van der Waals surface area contributed by atoms with E-state index in [1.807, 2.05) is 29.7 Å². The topological polar surface area (TPSA) is 97.0 Å². The van der Waals surface area contributed by atoms with Crippen molar-refractivity contribution in [3.05, 3.63) is 107 Å². The maximum atomic E-state index is 13.7. The van der Waals surface area contributed by atoms with Crippen molar-refractivity contribution >= 4 is 61.4 Å². The maximum Gasteiger partial charge on any atom is 0.301 e. The number of thiazole rings is 1. The highest BCUT2D eigenvalue weighted by atomic mass is 35.5. The minimum absolute atomic E-state index is 0.0766. The Morgan fingerprint density at radius 2 is 1.98 bits per heavy atom. The van der Waals surface area contributed by atoms with Crippen LogP contribution in [0.2, 0.25) is 5.02 Å². The van der Waals surface area contributed by atoms with E-state index in [9.17, 15) is 14.7 Å². The van der Waals surface area contributed by atoms with Crippen LogP contribution in [-0.4, -0.2) is 37.8 Å². The molecule has 1 atom stereocenters. The fraction of sp³-hybridized carbons (Fsp3) is 0.133. The van der Waals surface area contributed by atoms with E-state index >= 15 is 0 Å². The van der Waals surface area contributed by atoms with E-state index in [4.69, 9.17) is 16.3 Å². The molecule has 0 bridgehead atoms. The number of carbonyl (C=O) groups excluding carboxylic acids is 2. The van der Waals surface area contributed by atoms with Crippen molar-refractivity contribution in [1.29, 1.82) is 0 Å². The maximum absolute atomic E-state index is 13.7. The predicted octanol–water partition coefficient (Wildman–Crippen LogP) is 6.41. The summed E-state index contributed by atoms with van der Waals surface area (Å²) in [7, 11) is 0. The van der Waals surface area contributed by atoms with Gasteiger partial charge in [-0.05, 0) is 61.4 Å². The van der Waals surface area contributed by atoms with Gasteiger partial charge in [-0.15, -0.1) is 0 Å². The lowest BCUT2D eigenvalue weighted by molar-refractivity contribution is -0.132.